The lowest BCUT2D eigenvalue weighted by Gasteiger charge is -2.42. The number of carbonyl (C=O) groups is 1. The highest BCUT2D eigenvalue weighted by Crippen LogP contribution is 2.36. The van der Waals surface area contributed by atoms with E-state index in [0.717, 1.165) is 18.6 Å². The Balaban J connectivity index is 1.98. The maximum absolute atomic E-state index is 12.6. The molecule has 0 aliphatic heterocycles. The summed E-state index contributed by atoms with van der Waals surface area (Å²) in [6.45, 7) is -0.402. The van der Waals surface area contributed by atoms with Crippen molar-refractivity contribution in [2.45, 2.75) is 31.0 Å². The Morgan fingerprint density at radius 1 is 1.45 bits per heavy atom. The minimum absolute atomic E-state index is 0.0313. The fraction of sp³-hybridized carbons (Fsp3) is 0.467. The summed E-state index contributed by atoms with van der Waals surface area (Å²) in [6.07, 6.45) is -2.37. The van der Waals surface area contributed by atoms with Gasteiger partial charge in [0, 0.05) is 7.05 Å². The quantitative estimate of drug-likeness (QED) is 0.859. The predicted molar refractivity (Wildman–Crippen MR) is 71.9 cm³/mol. The number of halogens is 3. The molecule has 2 rings (SSSR count). The molecule has 1 aliphatic carbocycles. The van der Waals surface area contributed by atoms with Gasteiger partial charge in [-0.05, 0) is 37.5 Å². The normalized spacial score (nSPS) is 16.3. The van der Waals surface area contributed by atoms with Crippen LogP contribution in [0.2, 0.25) is 0 Å². The van der Waals surface area contributed by atoms with E-state index in [4.69, 9.17) is 10.00 Å². The van der Waals surface area contributed by atoms with Crippen molar-refractivity contribution in [1.29, 1.82) is 5.26 Å². The molecule has 1 amide bonds. The van der Waals surface area contributed by atoms with Gasteiger partial charge in [0.2, 0.25) is 0 Å². The summed E-state index contributed by atoms with van der Waals surface area (Å²) in [6, 6.07) is 6.47. The van der Waals surface area contributed by atoms with E-state index in [1.165, 1.54) is 24.1 Å². The molecule has 1 aliphatic rings. The first kappa shape index (κ1) is 16.1. The van der Waals surface area contributed by atoms with Crippen LogP contribution in [0.25, 0.3) is 0 Å². The van der Waals surface area contributed by atoms with Crippen LogP contribution in [-0.2, 0) is 11.0 Å². The Labute approximate surface area is 126 Å². The molecule has 0 radical (unpaired) electrons. The number of hydrogen-bond acceptors (Lipinski definition) is 3. The van der Waals surface area contributed by atoms with E-state index in [9.17, 15) is 18.0 Å². The van der Waals surface area contributed by atoms with Crippen LogP contribution in [0.3, 0.4) is 0 Å². The minimum Gasteiger partial charge on any atom is -0.484 e. The summed E-state index contributed by atoms with van der Waals surface area (Å²) in [7, 11) is 1.51. The van der Waals surface area contributed by atoms with E-state index in [-0.39, 0.29) is 5.75 Å². The Kier molecular flexibility index (Phi) is 4.31. The van der Waals surface area contributed by atoms with Gasteiger partial charge in [-0.2, -0.15) is 18.4 Å². The van der Waals surface area contributed by atoms with Crippen molar-refractivity contribution in [1.82, 2.24) is 4.90 Å². The van der Waals surface area contributed by atoms with Crippen LogP contribution in [0.1, 0.15) is 24.8 Å². The molecular weight excluding hydrogens is 297 g/mol. The van der Waals surface area contributed by atoms with Crippen LogP contribution in [-0.4, -0.2) is 30.0 Å². The van der Waals surface area contributed by atoms with E-state index < -0.39 is 29.8 Å². The molecule has 0 spiro atoms. The minimum atomic E-state index is -4.46. The summed E-state index contributed by atoms with van der Waals surface area (Å²) < 4.78 is 42.9. The van der Waals surface area contributed by atoms with Crippen LogP contribution in [0, 0.1) is 11.3 Å². The zero-order chi connectivity index (χ0) is 16.4. The van der Waals surface area contributed by atoms with Crippen molar-refractivity contribution in [3.8, 4) is 11.8 Å². The zero-order valence-corrected chi connectivity index (χ0v) is 12.0. The molecule has 22 heavy (non-hydrogen) atoms. The van der Waals surface area contributed by atoms with Crippen LogP contribution in [0.5, 0.6) is 5.75 Å². The third kappa shape index (κ3) is 3.16. The van der Waals surface area contributed by atoms with Crippen molar-refractivity contribution in [3.05, 3.63) is 29.8 Å². The first-order valence-corrected chi connectivity index (χ1v) is 6.76. The Bertz CT molecular complexity index is 604. The molecule has 0 bridgehead atoms. The summed E-state index contributed by atoms with van der Waals surface area (Å²) in [5, 5.41) is 9.16. The second-order valence-corrected chi connectivity index (χ2v) is 5.26. The van der Waals surface area contributed by atoms with Crippen LogP contribution in [0.15, 0.2) is 24.3 Å². The van der Waals surface area contributed by atoms with Gasteiger partial charge >= 0.3 is 6.18 Å². The van der Waals surface area contributed by atoms with Gasteiger partial charge in [0.1, 0.15) is 11.3 Å². The van der Waals surface area contributed by atoms with Crippen molar-refractivity contribution in [3.63, 3.8) is 0 Å². The summed E-state index contributed by atoms with van der Waals surface area (Å²) in [4.78, 5) is 13.3. The summed E-state index contributed by atoms with van der Waals surface area (Å²) in [5.41, 5.74) is -1.63. The van der Waals surface area contributed by atoms with Gasteiger partial charge in [-0.15, -0.1) is 0 Å². The molecule has 0 saturated heterocycles. The molecule has 0 aromatic heterocycles. The Morgan fingerprint density at radius 2 is 2.14 bits per heavy atom. The Hall–Kier alpha value is -2.23. The van der Waals surface area contributed by atoms with Crippen molar-refractivity contribution in [2.75, 3.05) is 13.7 Å². The number of nitrogens with zero attached hydrogens (tertiary/aromatic N) is 2. The smallest absolute Gasteiger partial charge is 0.416 e. The van der Waals surface area contributed by atoms with E-state index >= 15 is 0 Å². The summed E-state index contributed by atoms with van der Waals surface area (Å²) >= 11 is 0. The molecule has 118 valence electrons. The van der Waals surface area contributed by atoms with Gasteiger partial charge < -0.3 is 9.64 Å². The van der Waals surface area contributed by atoms with Gasteiger partial charge in [0.15, 0.2) is 6.61 Å². The Morgan fingerprint density at radius 3 is 2.64 bits per heavy atom. The standard InChI is InChI=1S/C15H15F3N2O2/c1-20(14(10-19)6-3-7-14)13(21)9-22-12-5-2-4-11(8-12)15(16,17)18/h2,4-5,8H,3,6-7,9H2,1H3. The molecule has 0 N–H and O–H groups in total. The average Bonchev–Trinajstić information content (AvgIpc) is 2.43. The average molecular weight is 312 g/mol. The summed E-state index contributed by atoms with van der Waals surface area (Å²) in [5.74, 6) is -0.463. The SMILES string of the molecule is CN(C(=O)COc1cccc(C(F)(F)F)c1)C1(C#N)CCC1. The molecule has 4 nitrogen and oxygen atoms in total. The predicted octanol–water partition coefficient (Wildman–Crippen LogP) is 2.99. The van der Waals surface area contributed by atoms with E-state index in [2.05, 4.69) is 6.07 Å². The van der Waals surface area contributed by atoms with E-state index in [1.807, 2.05) is 0 Å². The van der Waals surface area contributed by atoms with Gasteiger partial charge in [-0.1, -0.05) is 6.07 Å². The van der Waals surface area contributed by atoms with Gasteiger partial charge in [-0.3, -0.25) is 4.79 Å². The number of alkyl halides is 3. The molecular formula is C15H15F3N2O2. The first-order valence-electron chi connectivity index (χ1n) is 6.76. The lowest BCUT2D eigenvalue weighted by molar-refractivity contribution is -0.138. The van der Waals surface area contributed by atoms with Crippen molar-refractivity contribution >= 4 is 5.91 Å². The number of hydrogen-bond donors (Lipinski definition) is 0. The van der Waals surface area contributed by atoms with Crippen molar-refractivity contribution < 1.29 is 22.7 Å². The number of nitriles is 1. The number of carbonyl (C=O) groups excluding carboxylic acids is 1. The van der Waals surface area contributed by atoms with Crippen LogP contribution >= 0.6 is 0 Å². The first-order chi connectivity index (χ1) is 10.3. The molecule has 0 atom stereocenters. The fourth-order valence-corrected chi connectivity index (χ4v) is 2.28. The number of amides is 1. The van der Waals surface area contributed by atoms with Gasteiger partial charge in [-0.25, -0.2) is 0 Å². The number of likely N-dealkylation sites (N-methyl/N-ethyl adjacent to an activating group) is 1. The van der Waals surface area contributed by atoms with E-state index in [0.29, 0.717) is 12.8 Å². The third-order valence-electron chi connectivity index (χ3n) is 3.93. The molecule has 1 fully saturated rings. The topological polar surface area (TPSA) is 53.3 Å². The molecule has 7 heteroatoms. The maximum Gasteiger partial charge on any atom is 0.416 e. The number of ether oxygens (including phenoxy) is 1. The van der Waals surface area contributed by atoms with Gasteiger partial charge in [0.05, 0.1) is 11.6 Å². The third-order valence-corrected chi connectivity index (χ3v) is 3.93. The van der Waals surface area contributed by atoms with Gasteiger partial charge in [0.25, 0.3) is 5.91 Å². The van der Waals surface area contributed by atoms with Crippen LogP contribution in [0.4, 0.5) is 13.2 Å². The molecule has 1 aromatic rings. The highest BCUT2D eigenvalue weighted by atomic mass is 19.4. The highest BCUT2D eigenvalue weighted by molar-refractivity contribution is 5.79. The molecule has 1 aromatic carbocycles. The maximum atomic E-state index is 12.6. The number of rotatable bonds is 4. The largest absolute Gasteiger partial charge is 0.484 e. The fourth-order valence-electron chi connectivity index (χ4n) is 2.28. The lowest BCUT2D eigenvalue weighted by atomic mass is 9.77. The zero-order valence-electron chi connectivity index (χ0n) is 12.0. The molecule has 0 heterocycles. The number of benzene rings is 1. The second-order valence-electron chi connectivity index (χ2n) is 5.26. The lowest BCUT2D eigenvalue weighted by Crippen LogP contribution is -2.54. The monoisotopic (exact) mass is 312 g/mol. The van der Waals surface area contributed by atoms with E-state index in [1.54, 1.807) is 0 Å². The highest BCUT2D eigenvalue weighted by Gasteiger charge is 2.43. The van der Waals surface area contributed by atoms with Crippen molar-refractivity contribution in [2.24, 2.45) is 0 Å². The molecule has 0 unspecified atom stereocenters. The second kappa shape index (κ2) is 5.87. The molecule has 1 saturated carbocycles. The van der Waals surface area contributed by atoms with Crippen LogP contribution < -0.4 is 4.74 Å².